The van der Waals surface area contributed by atoms with Gasteiger partial charge in [0.15, 0.2) is 0 Å². The summed E-state index contributed by atoms with van der Waals surface area (Å²) in [5, 5.41) is 1.28. The van der Waals surface area contributed by atoms with E-state index in [-0.39, 0.29) is 5.54 Å². The van der Waals surface area contributed by atoms with Crippen molar-refractivity contribution in [1.29, 1.82) is 0 Å². The second-order valence-corrected chi connectivity index (χ2v) is 9.06. The van der Waals surface area contributed by atoms with E-state index in [2.05, 4.69) is 63.6 Å². The second-order valence-electron chi connectivity index (χ2n) is 6.60. The second kappa shape index (κ2) is 5.86. The summed E-state index contributed by atoms with van der Waals surface area (Å²) >= 11 is 5.38. The predicted octanol–water partition coefficient (Wildman–Crippen LogP) is 4.37. The monoisotopic (exact) mass is 367 g/mol. The molecule has 1 saturated heterocycles. The summed E-state index contributed by atoms with van der Waals surface area (Å²) < 4.78 is 2.49. The van der Waals surface area contributed by atoms with E-state index in [1.807, 2.05) is 6.20 Å². The van der Waals surface area contributed by atoms with Gasteiger partial charge in [-0.2, -0.15) is 0 Å². The standard InChI is InChI=1S/C16H22BrN3S/c1-16(2,3)20-8-4-7-19(9-10-20)15-12-11-14(17)21-13(12)5-6-18-15/h5-6,11H,4,7-10H2,1-3H3. The van der Waals surface area contributed by atoms with Gasteiger partial charge in [0, 0.05) is 48.0 Å². The molecule has 2 aromatic rings. The molecule has 3 rings (SSSR count). The molecule has 0 N–H and O–H groups in total. The molecule has 1 aliphatic heterocycles. The van der Waals surface area contributed by atoms with Crippen LogP contribution in [-0.2, 0) is 0 Å². The molecule has 0 aromatic carbocycles. The van der Waals surface area contributed by atoms with Gasteiger partial charge in [0.2, 0.25) is 0 Å². The SMILES string of the molecule is CC(C)(C)N1CCCN(c2nccc3sc(Br)cc23)CC1. The van der Waals surface area contributed by atoms with Gasteiger partial charge < -0.3 is 4.90 Å². The van der Waals surface area contributed by atoms with Crippen molar-refractivity contribution in [3.8, 4) is 0 Å². The summed E-state index contributed by atoms with van der Waals surface area (Å²) in [5.74, 6) is 1.14. The van der Waals surface area contributed by atoms with E-state index in [4.69, 9.17) is 0 Å². The van der Waals surface area contributed by atoms with Crippen molar-refractivity contribution in [1.82, 2.24) is 9.88 Å². The fourth-order valence-electron chi connectivity index (χ4n) is 2.97. The molecule has 0 spiro atoms. The van der Waals surface area contributed by atoms with E-state index in [1.165, 1.54) is 26.8 Å². The minimum atomic E-state index is 0.251. The van der Waals surface area contributed by atoms with Crippen molar-refractivity contribution in [2.24, 2.45) is 0 Å². The molecule has 2 aromatic heterocycles. The quantitative estimate of drug-likeness (QED) is 0.745. The smallest absolute Gasteiger partial charge is 0.137 e. The maximum Gasteiger partial charge on any atom is 0.137 e. The lowest BCUT2D eigenvalue weighted by Crippen LogP contribution is -2.43. The zero-order chi connectivity index (χ0) is 15.0. The van der Waals surface area contributed by atoms with Crippen LogP contribution in [0.3, 0.4) is 0 Å². The zero-order valence-electron chi connectivity index (χ0n) is 12.9. The minimum absolute atomic E-state index is 0.251. The number of nitrogens with zero attached hydrogens (tertiary/aromatic N) is 3. The van der Waals surface area contributed by atoms with Gasteiger partial charge in [-0.3, -0.25) is 4.90 Å². The Hall–Kier alpha value is -0.650. The Labute approximate surface area is 139 Å². The number of anilines is 1. The third-order valence-corrected chi connectivity index (χ3v) is 5.74. The molecule has 0 bridgehead atoms. The Bertz CT molecular complexity index is 632. The molecule has 1 aliphatic rings. The van der Waals surface area contributed by atoms with Crippen molar-refractivity contribution in [2.75, 3.05) is 31.1 Å². The minimum Gasteiger partial charge on any atom is -0.355 e. The highest BCUT2D eigenvalue weighted by atomic mass is 79.9. The predicted molar refractivity (Wildman–Crippen MR) is 95.5 cm³/mol. The number of fused-ring (bicyclic) bond motifs is 1. The molecule has 3 heterocycles. The van der Waals surface area contributed by atoms with Gasteiger partial charge in [0.25, 0.3) is 0 Å². The molecule has 21 heavy (non-hydrogen) atoms. The van der Waals surface area contributed by atoms with Crippen LogP contribution < -0.4 is 4.90 Å². The fraction of sp³-hybridized carbons (Fsp3) is 0.562. The van der Waals surface area contributed by atoms with Crippen LogP contribution in [0.5, 0.6) is 0 Å². The van der Waals surface area contributed by atoms with Crippen molar-refractivity contribution >= 4 is 43.2 Å². The van der Waals surface area contributed by atoms with Crippen LogP contribution in [0, 0.1) is 0 Å². The van der Waals surface area contributed by atoms with Crippen LogP contribution >= 0.6 is 27.3 Å². The number of pyridine rings is 1. The van der Waals surface area contributed by atoms with Crippen LogP contribution in [0.2, 0.25) is 0 Å². The Morgan fingerprint density at radius 2 is 2.00 bits per heavy atom. The van der Waals surface area contributed by atoms with E-state index in [9.17, 15) is 0 Å². The van der Waals surface area contributed by atoms with Crippen LogP contribution in [0.4, 0.5) is 5.82 Å². The van der Waals surface area contributed by atoms with E-state index >= 15 is 0 Å². The van der Waals surface area contributed by atoms with Crippen LogP contribution in [0.1, 0.15) is 27.2 Å². The summed E-state index contributed by atoms with van der Waals surface area (Å²) in [5.41, 5.74) is 0.251. The molecular formula is C16H22BrN3S. The lowest BCUT2D eigenvalue weighted by atomic mass is 10.1. The summed E-state index contributed by atoms with van der Waals surface area (Å²) in [7, 11) is 0. The van der Waals surface area contributed by atoms with Gasteiger partial charge >= 0.3 is 0 Å². The number of hydrogen-bond donors (Lipinski definition) is 0. The molecule has 3 nitrogen and oxygen atoms in total. The summed E-state index contributed by atoms with van der Waals surface area (Å²) in [4.78, 5) is 9.70. The number of hydrogen-bond acceptors (Lipinski definition) is 4. The summed E-state index contributed by atoms with van der Waals surface area (Å²) in [6.07, 6.45) is 3.13. The maximum atomic E-state index is 4.67. The van der Waals surface area contributed by atoms with E-state index in [0.717, 1.165) is 25.5 Å². The fourth-order valence-corrected chi connectivity index (χ4v) is 4.50. The van der Waals surface area contributed by atoms with Crippen LogP contribution in [0.25, 0.3) is 10.1 Å². The first-order chi connectivity index (χ1) is 9.95. The molecule has 0 saturated carbocycles. The number of aromatic nitrogens is 1. The maximum absolute atomic E-state index is 4.67. The van der Waals surface area contributed by atoms with E-state index < -0.39 is 0 Å². The number of thiophene rings is 1. The molecule has 5 heteroatoms. The van der Waals surface area contributed by atoms with Gasteiger partial charge in [0.05, 0.1) is 3.79 Å². The first kappa shape index (κ1) is 15.3. The first-order valence-corrected chi connectivity index (χ1v) is 9.10. The normalized spacial score (nSPS) is 18.2. The molecule has 114 valence electrons. The average molecular weight is 368 g/mol. The molecular weight excluding hydrogens is 346 g/mol. The number of rotatable bonds is 1. The van der Waals surface area contributed by atoms with Gasteiger partial charge in [0.1, 0.15) is 5.82 Å². The van der Waals surface area contributed by atoms with Crippen molar-refractivity contribution < 1.29 is 0 Å². The molecule has 0 atom stereocenters. The first-order valence-electron chi connectivity index (χ1n) is 7.49. The van der Waals surface area contributed by atoms with Crippen LogP contribution in [-0.4, -0.2) is 41.6 Å². The third kappa shape index (κ3) is 3.25. The van der Waals surface area contributed by atoms with Gasteiger partial charge in [-0.1, -0.05) is 0 Å². The third-order valence-electron chi connectivity index (χ3n) is 4.14. The molecule has 0 unspecified atom stereocenters. The molecule has 1 fully saturated rings. The number of halogens is 1. The van der Waals surface area contributed by atoms with Crippen molar-refractivity contribution in [3.63, 3.8) is 0 Å². The zero-order valence-corrected chi connectivity index (χ0v) is 15.3. The summed E-state index contributed by atoms with van der Waals surface area (Å²) in [6.45, 7) is 11.3. The summed E-state index contributed by atoms with van der Waals surface area (Å²) in [6, 6.07) is 4.31. The van der Waals surface area contributed by atoms with Gasteiger partial charge in [-0.05, 0) is 55.3 Å². The van der Waals surface area contributed by atoms with Crippen LogP contribution in [0.15, 0.2) is 22.1 Å². The highest BCUT2D eigenvalue weighted by Gasteiger charge is 2.25. The van der Waals surface area contributed by atoms with Gasteiger partial charge in [-0.25, -0.2) is 4.98 Å². The average Bonchev–Trinajstić information content (AvgIpc) is 2.63. The van der Waals surface area contributed by atoms with Crippen molar-refractivity contribution in [3.05, 3.63) is 22.1 Å². The van der Waals surface area contributed by atoms with E-state index in [0.29, 0.717) is 0 Å². The molecule has 0 radical (unpaired) electrons. The highest BCUT2D eigenvalue weighted by Crippen LogP contribution is 2.35. The van der Waals surface area contributed by atoms with E-state index in [1.54, 1.807) is 11.3 Å². The van der Waals surface area contributed by atoms with Crippen molar-refractivity contribution in [2.45, 2.75) is 32.7 Å². The Kier molecular flexibility index (Phi) is 4.26. The lowest BCUT2D eigenvalue weighted by molar-refractivity contribution is 0.148. The highest BCUT2D eigenvalue weighted by molar-refractivity contribution is 9.11. The van der Waals surface area contributed by atoms with Gasteiger partial charge in [-0.15, -0.1) is 11.3 Å². The topological polar surface area (TPSA) is 19.4 Å². The Balaban J connectivity index is 1.86. The largest absolute Gasteiger partial charge is 0.355 e. The molecule has 0 aliphatic carbocycles. The Morgan fingerprint density at radius 1 is 1.19 bits per heavy atom. The Morgan fingerprint density at radius 3 is 2.76 bits per heavy atom. The lowest BCUT2D eigenvalue weighted by Gasteiger charge is -2.34. The molecule has 0 amide bonds.